The third kappa shape index (κ3) is 11.6. The zero-order chi connectivity index (χ0) is 26.9. The van der Waals surface area contributed by atoms with E-state index < -0.39 is 24.3 Å². The molecule has 0 aromatic carbocycles. The van der Waals surface area contributed by atoms with E-state index in [4.69, 9.17) is 29.3 Å². The number of carboxylic acids is 2. The van der Waals surface area contributed by atoms with Gasteiger partial charge in [-0.15, -0.1) is 0 Å². The predicted molar refractivity (Wildman–Crippen MR) is 113 cm³/mol. The first-order valence-electron chi connectivity index (χ1n) is 10.3. The molecular formula is C20H28F6N2O6S. The van der Waals surface area contributed by atoms with Crippen molar-refractivity contribution in [3.63, 3.8) is 0 Å². The number of morpholine rings is 1. The molecule has 0 saturated carbocycles. The molecule has 1 aromatic heterocycles. The summed E-state index contributed by atoms with van der Waals surface area (Å²) in [6.07, 6.45) is -10.2. The maximum Gasteiger partial charge on any atom is 0.490 e. The van der Waals surface area contributed by atoms with Gasteiger partial charge in [-0.05, 0) is 36.2 Å². The second kappa shape index (κ2) is 13.4. The van der Waals surface area contributed by atoms with E-state index in [1.807, 2.05) is 0 Å². The van der Waals surface area contributed by atoms with Gasteiger partial charge in [0.1, 0.15) is 5.60 Å². The number of rotatable bonds is 3. The van der Waals surface area contributed by atoms with E-state index in [2.05, 4.69) is 40.5 Å². The molecule has 202 valence electrons. The van der Waals surface area contributed by atoms with Crippen LogP contribution in [-0.2, 0) is 25.6 Å². The Kier molecular flexibility index (Phi) is 11.9. The van der Waals surface area contributed by atoms with Gasteiger partial charge < -0.3 is 19.7 Å². The van der Waals surface area contributed by atoms with Crippen LogP contribution >= 0.6 is 11.3 Å². The van der Waals surface area contributed by atoms with Crippen molar-refractivity contribution in [2.75, 3.05) is 46.0 Å². The van der Waals surface area contributed by atoms with Crippen LogP contribution in [-0.4, -0.2) is 102 Å². The van der Waals surface area contributed by atoms with Crippen LogP contribution in [0.15, 0.2) is 16.8 Å². The van der Waals surface area contributed by atoms with Crippen LogP contribution in [0.5, 0.6) is 0 Å². The van der Waals surface area contributed by atoms with Crippen LogP contribution in [0.3, 0.4) is 0 Å². The fourth-order valence-corrected chi connectivity index (χ4v) is 3.92. The van der Waals surface area contributed by atoms with E-state index in [9.17, 15) is 26.3 Å². The third-order valence-electron chi connectivity index (χ3n) is 4.91. The minimum absolute atomic E-state index is 0.158. The molecule has 35 heavy (non-hydrogen) atoms. The molecule has 1 spiro atoms. The lowest BCUT2D eigenvalue weighted by atomic mass is 10.0. The Labute approximate surface area is 202 Å². The molecule has 0 radical (unpaired) electrons. The van der Waals surface area contributed by atoms with Gasteiger partial charge in [-0.2, -0.15) is 37.7 Å². The van der Waals surface area contributed by atoms with Crippen molar-refractivity contribution in [1.82, 2.24) is 9.80 Å². The molecule has 2 N–H and O–H groups in total. The summed E-state index contributed by atoms with van der Waals surface area (Å²) in [7, 11) is 0. The molecule has 1 unspecified atom stereocenters. The van der Waals surface area contributed by atoms with Crippen LogP contribution in [0.2, 0.25) is 0 Å². The van der Waals surface area contributed by atoms with Crippen molar-refractivity contribution in [1.29, 1.82) is 0 Å². The fourth-order valence-electron chi connectivity index (χ4n) is 3.26. The molecule has 2 aliphatic rings. The molecule has 1 atom stereocenters. The Hall–Kier alpha value is -1.94. The summed E-state index contributed by atoms with van der Waals surface area (Å²) in [5.41, 5.74) is 1.25. The zero-order valence-corrected chi connectivity index (χ0v) is 19.9. The topological polar surface area (TPSA) is 99.5 Å². The van der Waals surface area contributed by atoms with Gasteiger partial charge in [0.2, 0.25) is 0 Å². The molecule has 2 saturated heterocycles. The summed E-state index contributed by atoms with van der Waals surface area (Å²) in [5, 5.41) is 18.6. The Morgan fingerprint density at radius 1 is 1.06 bits per heavy atom. The fraction of sp³-hybridized carbons (Fsp3) is 0.700. The number of nitrogens with zero attached hydrogens (tertiary/aromatic N) is 2. The van der Waals surface area contributed by atoms with Gasteiger partial charge in [-0.3, -0.25) is 9.80 Å². The van der Waals surface area contributed by atoms with Crippen molar-refractivity contribution in [3.8, 4) is 0 Å². The minimum atomic E-state index is -5.08. The molecule has 2 fully saturated rings. The van der Waals surface area contributed by atoms with Gasteiger partial charge in [0.15, 0.2) is 0 Å². The summed E-state index contributed by atoms with van der Waals surface area (Å²) in [6, 6.07) is 2.76. The number of hydrogen-bond donors (Lipinski definition) is 2. The second-order valence-electron chi connectivity index (χ2n) is 8.10. The van der Waals surface area contributed by atoms with Crippen molar-refractivity contribution in [2.24, 2.45) is 0 Å². The Morgan fingerprint density at radius 3 is 2.09 bits per heavy atom. The monoisotopic (exact) mass is 538 g/mol. The van der Waals surface area contributed by atoms with Gasteiger partial charge in [0.05, 0.1) is 19.8 Å². The standard InChI is InChI=1S/C16H26N2O2S.2C2HF3O2/c1-14(2)18-5-6-19-13-16(12-18)11-17(4-7-20-16)9-15-3-8-21-10-15;2*3-2(4,5)1(6)7/h3,8,10,14H,4-7,9,11-13H2,1-2H3;2*(H,6,7). The van der Waals surface area contributed by atoms with Gasteiger partial charge in [-0.1, -0.05) is 0 Å². The molecule has 3 rings (SSSR count). The molecular weight excluding hydrogens is 510 g/mol. The first-order chi connectivity index (χ1) is 16.1. The SMILES string of the molecule is CC(C)N1CCOCC2(CN(Cc3ccsc3)CCO2)C1.O=C(O)C(F)(F)F.O=C(O)C(F)(F)F. The number of carboxylic acid groups (broad SMARTS) is 2. The van der Waals surface area contributed by atoms with E-state index >= 15 is 0 Å². The van der Waals surface area contributed by atoms with Crippen LogP contribution < -0.4 is 0 Å². The number of halogens is 6. The first-order valence-corrected chi connectivity index (χ1v) is 11.3. The summed E-state index contributed by atoms with van der Waals surface area (Å²) in [5.74, 6) is -5.51. The minimum Gasteiger partial charge on any atom is -0.475 e. The van der Waals surface area contributed by atoms with E-state index in [1.54, 1.807) is 11.3 Å². The van der Waals surface area contributed by atoms with Crippen LogP contribution in [0, 0.1) is 0 Å². The molecule has 1 aromatic rings. The molecule has 0 aliphatic carbocycles. The number of ether oxygens (including phenoxy) is 2. The number of carbonyl (C=O) groups is 2. The van der Waals surface area contributed by atoms with Crippen LogP contribution in [0.1, 0.15) is 19.4 Å². The number of thiophene rings is 1. The highest BCUT2D eigenvalue weighted by Crippen LogP contribution is 2.25. The Balaban J connectivity index is 0.000000362. The van der Waals surface area contributed by atoms with E-state index in [-0.39, 0.29) is 5.60 Å². The molecule has 3 heterocycles. The average Bonchev–Trinajstić information content (AvgIpc) is 3.14. The summed E-state index contributed by atoms with van der Waals surface area (Å²) in [6.45, 7) is 11.8. The molecule has 0 bridgehead atoms. The quantitative estimate of drug-likeness (QED) is 0.566. The van der Waals surface area contributed by atoms with Gasteiger partial charge in [-0.25, -0.2) is 9.59 Å². The smallest absolute Gasteiger partial charge is 0.475 e. The summed E-state index contributed by atoms with van der Waals surface area (Å²) < 4.78 is 75.5. The number of alkyl halides is 6. The molecule has 0 amide bonds. The van der Waals surface area contributed by atoms with Gasteiger partial charge in [0, 0.05) is 38.8 Å². The normalized spacial score (nSPS) is 22.0. The Bertz CT molecular complexity index is 766. The average molecular weight is 539 g/mol. The van der Waals surface area contributed by atoms with Gasteiger partial charge >= 0.3 is 24.3 Å². The first kappa shape index (κ1) is 31.1. The van der Waals surface area contributed by atoms with Crippen molar-refractivity contribution in [2.45, 2.75) is 44.4 Å². The van der Waals surface area contributed by atoms with Crippen molar-refractivity contribution >= 4 is 23.3 Å². The Morgan fingerprint density at radius 2 is 1.63 bits per heavy atom. The highest BCUT2D eigenvalue weighted by molar-refractivity contribution is 7.07. The number of aliphatic carboxylic acids is 2. The van der Waals surface area contributed by atoms with E-state index in [0.29, 0.717) is 6.04 Å². The zero-order valence-electron chi connectivity index (χ0n) is 19.1. The van der Waals surface area contributed by atoms with E-state index in [0.717, 1.165) is 52.5 Å². The van der Waals surface area contributed by atoms with Crippen LogP contribution in [0.25, 0.3) is 0 Å². The maximum absolute atomic E-state index is 10.6. The number of hydrogen-bond acceptors (Lipinski definition) is 7. The van der Waals surface area contributed by atoms with Crippen LogP contribution in [0.4, 0.5) is 26.3 Å². The van der Waals surface area contributed by atoms with Crippen molar-refractivity contribution in [3.05, 3.63) is 22.4 Å². The predicted octanol–water partition coefficient (Wildman–Crippen LogP) is 3.33. The third-order valence-corrected chi connectivity index (χ3v) is 5.64. The lowest BCUT2D eigenvalue weighted by molar-refractivity contribution is -0.193. The van der Waals surface area contributed by atoms with Gasteiger partial charge in [0.25, 0.3) is 0 Å². The largest absolute Gasteiger partial charge is 0.490 e. The maximum atomic E-state index is 10.6. The molecule has 8 nitrogen and oxygen atoms in total. The lowest BCUT2D eigenvalue weighted by Crippen LogP contribution is -2.59. The lowest BCUT2D eigenvalue weighted by Gasteiger charge is -2.44. The highest BCUT2D eigenvalue weighted by atomic mass is 32.1. The summed E-state index contributed by atoms with van der Waals surface area (Å²) in [4.78, 5) is 22.8. The second-order valence-corrected chi connectivity index (χ2v) is 8.88. The van der Waals surface area contributed by atoms with E-state index in [1.165, 1.54) is 5.56 Å². The van der Waals surface area contributed by atoms with Crippen molar-refractivity contribution < 1.29 is 55.6 Å². The highest BCUT2D eigenvalue weighted by Gasteiger charge is 2.41. The summed E-state index contributed by atoms with van der Waals surface area (Å²) >= 11 is 1.77. The molecule has 15 heteroatoms. The molecule has 2 aliphatic heterocycles.